The molecule has 2 aromatic carbocycles. The van der Waals surface area contributed by atoms with E-state index in [9.17, 15) is 18.0 Å². The van der Waals surface area contributed by atoms with E-state index in [4.69, 9.17) is 0 Å². The van der Waals surface area contributed by atoms with E-state index in [2.05, 4.69) is 21.2 Å². The first-order valence-electron chi connectivity index (χ1n) is 7.44. The smallest absolute Gasteiger partial charge is 0.279 e. The Kier molecular flexibility index (Phi) is 6.39. The minimum atomic E-state index is -1.60. The highest BCUT2D eigenvalue weighted by molar-refractivity contribution is 9.10. The average molecular weight is 402 g/mol. The van der Waals surface area contributed by atoms with Crippen molar-refractivity contribution in [2.75, 3.05) is 11.9 Å². The Morgan fingerprint density at radius 3 is 2.42 bits per heavy atom. The van der Waals surface area contributed by atoms with Crippen LogP contribution in [-0.2, 0) is 4.79 Å². The summed E-state index contributed by atoms with van der Waals surface area (Å²) in [6.07, 6.45) is 0.800. The van der Waals surface area contributed by atoms with E-state index >= 15 is 0 Å². The Hall–Kier alpha value is -1.86. The Balaban J connectivity index is 1.97. The minimum absolute atomic E-state index is 0.0347. The second-order valence-corrected chi connectivity index (χ2v) is 6.19. The van der Waals surface area contributed by atoms with Crippen LogP contribution in [0.2, 0.25) is 0 Å². The molecule has 0 spiro atoms. The first-order chi connectivity index (χ1) is 11.4. The van der Waals surface area contributed by atoms with Crippen molar-refractivity contribution in [3.05, 3.63) is 63.9 Å². The van der Waals surface area contributed by atoms with Crippen LogP contribution in [-0.4, -0.2) is 12.5 Å². The number of hydrogen-bond acceptors (Lipinski definition) is 1. The molecule has 0 aliphatic rings. The zero-order valence-electron chi connectivity index (χ0n) is 13.0. The predicted octanol–water partition coefficient (Wildman–Crippen LogP) is 3.52. The van der Waals surface area contributed by atoms with Gasteiger partial charge >= 0.3 is 0 Å². The van der Waals surface area contributed by atoms with Crippen molar-refractivity contribution >= 4 is 27.5 Å². The summed E-state index contributed by atoms with van der Waals surface area (Å²) < 4.78 is 40.5. The van der Waals surface area contributed by atoms with E-state index in [1.165, 1.54) is 0 Å². The van der Waals surface area contributed by atoms with E-state index in [0.29, 0.717) is 0 Å². The lowest BCUT2D eigenvalue weighted by atomic mass is 10.0. The fraction of sp³-hybridized carbons (Fsp3) is 0.235. The highest BCUT2D eigenvalue weighted by Gasteiger charge is 2.18. The number of benzene rings is 2. The molecule has 0 unspecified atom stereocenters. The fourth-order valence-electron chi connectivity index (χ4n) is 2.32. The molecule has 0 aliphatic carbocycles. The molecule has 0 aliphatic heterocycles. The van der Waals surface area contributed by atoms with E-state index in [1.54, 1.807) is 0 Å². The van der Waals surface area contributed by atoms with Gasteiger partial charge in [0.25, 0.3) is 5.91 Å². The van der Waals surface area contributed by atoms with Crippen LogP contribution in [0.15, 0.2) is 40.9 Å². The first-order valence-corrected chi connectivity index (χ1v) is 8.23. The van der Waals surface area contributed by atoms with Gasteiger partial charge in [0.15, 0.2) is 24.0 Å². The third-order valence-electron chi connectivity index (χ3n) is 3.64. The number of hydrogen-bond donors (Lipinski definition) is 2. The maximum atomic E-state index is 13.5. The molecular formula is C17H17BrF3N2O+. The van der Waals surface area contributed by atoms with Gasteiger partial charge in [-0.05, 0) is 24.3 Å². The molecular weight excluding hydrogens is 385 g/mol. The fourth-order valence-corrected chi connectivity index (χ4v) is 2.59. The summed E-state index contributed by atoms with van der Waals surface area (Å²) >= 11 is 3.37. The molecule has 1 amide bonds. The lowest BCUT2D eigenvalue weighted by Crippen LogP contribution is -2.87. The molecule has 128 valence electrons. The number of carbonyl (C=O) groups excluding carboxylic acids is 1. The van der Waals surface area contributed by atoms with Gasteiger partial charge in [0.1, 0.15) is 6.04 Å². The Morgan fingerprint density at radius 2 is 1.79 bits per heavy atom. The molecule has 0 bridgehead atoms. The predicted molar refractivity (Wildman–Crippen MR) is 88.9 cm³/mol. The van der Waals surface area contributed by atoms with Crippen LogP contribution >= 0.6 is 15.9 Å². The van der Waals surface area contributed by atoms with E-state index < -0.39 is 23.4 Å². The van der Waals surface area contributed by atoms with Crippen molar-refractivity contribution in [2.24, 2.45) is 0 Å². The number of rotatable bonds is 6. The number of amides is 1. The van der Waals surface area contributed by atoms with Gasteiger partial charge in [-0.3, -0.25) is 4.79 Å². The summed E-state index contributed by atoms with van der Waals surface area (Å²) in [5.41, 5.74) is 0.691. The number of carbonyl (C=O) groups is 1. The number of nitrogens with two attached hydrogens (primary N) is 1. The lowest BCUT2D eigenvalue weighted by molar-refractivity contribution is -0.686. The summed E-state index contributed by atoms with van der Waals surface area (Å²) in [5, 5.41) is 4.07. The molecule has 0 saturated heterocycles. The summed E-state index contributed by atoms with van der Waals surface area (Å²) in [5.74, 6) is -4.78. The molecule has 0 fully saturated rings. The van der Waals surface area contributed by atoms with Crippen LogP contribution in [0.1, 0.15) is 24.9 Å². The normalized spacial score (nSPS) is 12.0. The quantitative estimate of drug-likeness (QED) is 0.714. The minimum Gasteiger partial charge on any atom is -0.332 e. The second kappa shape index (κ2) is 8.30. The second-order valence-electron chi connectivity index (χ2n) is 5.28. The van der Waals surface area contributed by atoms with Crippen LogP contribution in [0.4, 0.5) is 18.9 Å². The third kappa shape index (κ3) is 4.58. The van der Waals surface area contributed by atoms with E-state index in [0.717, 1.165) is 28.6 Å². The Bertz CT molecular complexity index is 723. The van der Waals surface area contributed by atoms with E-state index in [1.807, 2.05) is 36.5 Å². The van der Waals surface area contributed by atoms with Crippen LogP contribution in [0, 0.1) is 17.5 Å². The highest BCUT2D eigenvalue weighted by atomic mass is 79.9. The zero-order valence-corrected chi connectivity index (χ0v) is 14.5. The van der Waals surface area contributed by atoms with Gasteiger partial charge in [0.2, 0.25) is 0 Å². The van der Waals surface area contributed by atoms with Gasteiger partial charge in [0, 0.05) is 16.5 Å². The van der Waals surface area contributed by atoms with Gasteiger partial charge in [0.05, 0.1) is 5.69 Å². The maximum Gasteiger partial charge on any atom is 0.279 e. The summed E-state index contributed by atoms with van der Waals surface area (Å²) in [6, 6.07) is 9.60. The lowest BCUT2D eigenvalue weighted by Gasteiger charge is -2.14. The maximum absolute atomic E-state index is 13.5. The molecule has 2 aromatic rings. The first kappa shape index (κ1) is 18.5. The third-order valence-corrected chi connectivity index (χ3v) is 4.16. The number of quaternary nitrogens is 1. The van der Waals surface area contributed by atoms with Crippen molar-refractivity contribution in [1.82, 2.24) is 0 Å². The van der Waals surface area contributed by atoms with Crippen molar-refractivity contribution in [2.45, 2.75) is 19.4 Å². The number of nitrogens with one attached hydrogen (secondary N) is 1. The molecule has 3 nitrogen and oxygen atoms in total. The molecule has 0 radical (unpaired) electrons. The zero-order chi connectivity index (χ0) is 17.7. The van der Waals surface area contributed by atoms with Crippen molar-refractivity contribution in [3.8, 4) is 0 Å². The molecule has 3 N–H and O–H groups in total. The monoisotopic (exact) mass is 401 g/mol. The van der Waals surface area contributed by atoms with Crippen molar-refractivity contribution in [1.29, 1.82) is 0 Å². The van der Waals surface area contributed by atoms with Gasteiger partial charge in [-0.1, -0.05) is 35.0 Å². The van der Waals surface area contributed by atoms with Crippen LogP contribution in [0.5, 0.6) is 0 Å². The van der Waals surface area contributed by atoms with Crippen LogP contribution < -0.4 is 10.6 Å². The molecule has 0 aromatic heterocycles. The van der Waals surface area contributed by atoms with Crippen molar-refractivity contribution < 1.29 is 23.3 Å². The molecule has 24 heavy (non-hydrogen) atoms. The average Bonchev–Trinajstić information content (AvgIpc) is 2.57. The van der Waals surface area contributed by atoms with Gasteiger partial charge in [-0.25, -0.2) is 13.2 Å². The SMILES string of the molecule is CC[C@H]([NH2+]CC(=O)Nc1ccc(F)c(F)c1F)c1ccc(Br)cc1. The molecule has 0 heterocycles. The van der Waals surface area contributed by atoms with Gasteiger partial charge < -0.3 is 10.6 Å². The van der Waals surface area contributed by atoms with Gasteiger partial charge in [-0.2, -0.15) is 0 Å². The van der Waals surface area contributed by atoms with E-state index in [-0.39, 0.29) is 18.3 Å². The van der Waals surface area contributed by atoms with Crippen molar-refractivity contribution in [3.63, 3.8) is 0 Å². The summed E-state index contributed by atoms with van der Waals surface area (Å²) in [7, 11) is 0. The summed E-state index contributed by atoms with van der Waals surface area (Å²) in [6.45, 7) is 2.03. The topological polar surface area (TPSA) is 45.7 Å². The van der Waals surface area contributed by atoms with Crippen LogP contribution in [0.25, 0.3) is 0 Å². The number of halogens is 4. The molecule has 7 heteroatoms. The highest BCUT2D eigenvalue weighted by Crippen LogP contribution is 2.19. The molecule has 1 atom stereocenters. The van der Waals surface area contributed by atoms with Gasteiger partial charge in [-0.15, -0.1) is 0 Å². The molecule has 0 saturated carbocycles. The largest absolute Gasteiger partial charge is 0.332 e. The number of anilines is 1. The standard InChI is InChI=1S/C17H16BrF3N2O/c1-2-13(10-3-5-11(18)6-4-10)22-9-15(24)23-14-8-7-12(19)16(20)17(14)21/h3-8,13,22H,2,9H2,1H3,(H,23,24)/p+1/t13-/m0/s1. The molecule has 2 rings (SSSR count). The summed E-state index contributed by atoms with van der Waals surface area (Å²) in [4.78, 5) is 11.9. The van der Waals surface area contributed by atoms with Crippen LogP contribution in [0.3, 0.4) is 0 Å². The Morgan fingerprint density at radius 1 is 1.12 bits per heavy atom. The Labute approximate surface area is 146 Å².